The third-order valence-corrected chi connectivity index (χ3v) is 9.26. The second kappa shape index (κ2) is 15.0. The van der Waals surface area contributed by atoms with E-state index in [1.165, 1.54) is 40.9 Å². The number of amides is 2. The Hall–Kier alpha value is -3.37. The lowest BCUT2D eigenvalue weighted by Gasteiger charge is -2.33. The van der Waals surface area contributed by atoms with Crippen molar-refractivity contribution in [3.63, 3.8) is 0 Å². The lowest BCUT2D eigenvalue weighted by atomic mass is 10.1. The Labute approximate surface area is 247 Å². The quantitative estimate of drug-likeness (QED) is 0.188. The first kappa shape index (κ1) is 32.1. The van der Waals surface area contributed by atoms with Crippen LogP contribution in [-0.4, -0.2) is 50.5 Å². The van der Waals surface area contributed by atoms with Crippen LogP contribution in [-0.2, 0) is 26.2 Å². The normalized spacial score (nSPS) is 12.0. The molecule has 220 valence electrons. The van der Waals surface area contributed by atoms with Crippen LogP contribution in [0.5, 0.6) is 0 Å². The molecule has 0 bridgehead atoms. The van der Waals surface area contributed by atoms with Crippen molar-refractivity contribution >= 4 is 39.3 Å². The summed E-state index contributed by atoms with van der Waals surface area (Å²) in [5, 5.41) is 2.90. The summed E-state index contributed by atoms with van der Waals surface area (Å²) in [7, 11) is -4.14. The fourth-order valence-electron chi connectivity index (χ4n) is 4.33. The molecule has 0 aliphatic carbocycles. The summed E-state index contributed by atoms with van der Waals surface area (Å²) >= 11 is 1.50. The van der Waals surface area contributed by atoms with E-state index >= 15 is 0 Å². The van der Waals surface area contributed by atoms with Gasteiger partial charge in [-0.3, -0.25) is 13.9 Å². The molecule has 0 spiro atoms. The van der Waals surface area contributed by atoms with E-state index in [9.17, 15) is 22.4 Å². The Morgan fingerprint density at radius 1 is 0.951 bits per heavy atom. The number of unbranched alkanes of at least 4 members (excludes halogenated alkanes) is 1. The lowest BCUT2D eigenvalue weighted by Crippen LogP contribution is -2.52. The number of nitrogens with one attached hydrogen (secondary N) is 1. The molecule has 3 aromatic rings. The van der Waals surface area contributed by atoms with E-state index in [-0.39, 0.29) is 17.3 Å². The van der Waals surface area contributed by atoms with Gasteiger partial charge in [-0.25, -0.2) is 12.8 Å². The maximum atomic E-state index is 14.0. The highest BCUT2D eigenvalue weighted by Crippen LogP contribution is 2.27. The van der Waals surface area contributed by atoms with Gasteiger partial charge in [-0.1, -0.05) is 50.1 Å². The van der Waals surface area contributed by atoms with Crippen LogP contribution in [0, 0.1) is 12.7 Å². The van der Waals surface area contributed by atoms with Crippen molar-refractivity contribution in [2.24, 2.45) is 0 Å². The number of halogens is 1. The summed E-state index contributed by atoms with van der Waals surface area (Å²) in [6.45, 7) is 5.68. The SMILES string of the molecule is CCCCNC(=O)C(CC)N(Cc1ccc(F)cc1)C(=O)CN(c1ccc(C)cc1)S(=O)(=O)c1ccc(SC)cc1. The molecule has 1 N–H and O–H groups in total. The molecule has 10 heteroatoms. The van der Waals surface area contributed by atoms with E-state index in [0.717, 1.165) is 27.6 Å². The van der Waals surface area contributed by atoms with Gasteiger partial charge in [-0.2, -0.15) is 0 Å². The highest BCUT2D eigenvalue weighted by molar-refractivity contribution is 7.98. The minimum Gasteiger partial charge on any atom is -0.354 e. The molecule has 0 aliphatic heterocycles. The zero-order chi connectivity index (χ0) is 30.0. The highest BCUT2D eigenvalue weighted by Gasteiger charge is 2.33. The number of carbonyl (C=O) groups excluding carboxylic acids is 2. The number of aryl methyl sites for hydroxylation is 1. The van der Waals surface area contributed by atoms with Crippen molar-refractivity contribution in [2.75, 3.05) is 23.7 Å². The van der Waals surface area contributed by atoms with E-state index in [1.54, 1.807) is 55.5 Å². The lowest BCUT2D eigenvalue weighted by molar-refractivity contribution is -0.140. The molecule has 0 aliphatic rings. The average molecular weight is 600 g/mol. The van der Waals surface area contributed by atoms with Gasteiger partial charge in [-0.05, 0) is 80.1 Å². The van der Waals surface area contributed by atoms with Crippen molar-refractivity contribution in [3.8, 4) is 0 Å². The molecule has 0 heterocycles. The molecule has 1 atom stereocenters. The largest absolute Gasteiger partial charge is 0.354 e. The second-order valence-electron chi connectivity index (χ2n) is 9.74. The summed E-state index contributed by atoms with van der Waals surface area (Å²) < 4.78 is 42.6. The second-order valence-corrected chi connectivity index (χ2v) is 12.5. The summed E-state index contributed by atoms with van der Waals surface area (Å²) in [5.74, 6) is -1.27. The van der Waals surface area contributed by atoms with Crippen molar-refractivity contribution in [2.45, 2.75) is 62.4 Å². The van der Waals surface area contributed by atoms with Crippen LogP contribution in [0.25, 0.3) is 0 Å². The Morgan fingerprint density at radius 3 is 2.15 bits per heavy atom. The molecule has 0 fully saturated rings. The number of sulfonamides is 1. The first-order chi connectivity index (χ1) is 19.6. The molecular formula is C31H38FN3O4S2. The van der Waals surface area contributed by atoms with Gasteiger partial charge in [0, 0.05) is 18.0 Å². The molecule has 41 heavy (non-hydrogen) atoms. The topological polar surface area (TPSA) is 86.8 Å². The molecular weight excluding hydrogens is 561 g/mol. The van der Waals surface area contributed by atoms with E-state index in [1.807, 2.05) is 20.1 Å². The predicted molar refractivity (Wildman–Crippen MR) is 163 cm³/mol. The fourth-order valence-corrected chi connectivity index (χ4v) is 6.15. The van der Waals surface area contributed by atoms with Gasteiger partial charge in [-0.15, -0.1) is 11.8 Å². The Morgan fingerprint density at radius 2 is 1.59 bits per heavy atom. The third-order valence-electron chi connectivity index (χ3n) is 6.73. The van der Waals surface area contributed by atoms with Gasteiger partial charge < -0.3 is 10.2 Å². The van der Waals surface area contributed by atoms with E-state index in [0.29, 0.717) is 24.2 Å². The van der Waals surface area contributed by atoms with Crippen LogP contribution in [0.15, 0.2) is 82.6 Å². The number of rotatable bonds is 14. The molecule has 3 rings (SSSR count). The van der Waals surface area contributed by atoms with Gasteiger partial charge in [0.25, 0.3) is 10.0 Å². The monoisotopic (exact) mass is 599 g/mol. The number of anilines is 1. The van der Waals surface area contributed by atoms with E-state index in [4.69, 9.17) is 0 Å². The van der Waals surface area contributed by atoms with Crippen LogP contribution in [0.4, 0.5) is 10.1 Å². The van der Waals surface area contributed by atoms with Crippen LogP contribution < -0.4 is 9.62 Å². The molecule has 2 amide bonds. The van der Waals surface area contributed by atoms with Crippen molar-refractivity contribution < 1.29 is 22.4 Å². The van der Waals surface area contributed by atoms with Crippen LogP contribution in [0.3, 0.4) is 0 Å². The van der Waals surface area contributed by atoms with Crippen molar-refractivity contribution in [1.82, 2.24) is 10.2 Å². The number of thioether (sulfide) groups is 1. The van der Waals surface area contributed by atoms with Crippen molar-refractivity contribution in [3.05, 3.63) is 89.7 Å². The maximum Gasteiger partial charge on any atom is 0.264 e. The summed E-state index contributed by atoms with van der Waals surface area (Å²) in [4.78, 5) is 29.6. The minimum absolute atomic E-state index is 0.0169. The number of carbonyl (C=O) groups is 2. The first-order valence-electron chi connectivity index (χ1n) is 13.7. The predicted octanol–water partition coefficient (Wildman–Crippen LogP) is 5.78. The van der Waals surface area contributed by atoms with Gasteiger partial charge >= 0.3 is 0 Å². The molecule has 0 saturated heterocycles. The van der Waals surface area contributed by atoms with E-state index in [2.05, 4.69) is 5.32 Å². The summed E-state index contributed by atoms with van der Waals surface area (Å²) in [6, 6.07) is 18.2. The maximum absolute atomic E-state index is 14.0. The Kier molecular flexibility index (Phi) is 11.8. The fraction of sp³-hybridized carbons (Fsp3) is 0.355. The number of hydrogen-bond acceptors (Lipinski definition) is 5. The zero-order valence-corrected chi connectivity index (χ0v) is 25.6. The highest BCUT2D eigenvalue weighted by atomic mass is 32.2. The first-order valence-corrected chi connectivity index (χ1v) is 16.3. The molecule has 3 aromatic carbocycles. The van der Waals surface area contributed by atoms with Crippen LogP contribution in [0.2, 0.25) is 0 Å². The smallest absolute Gasteiger partial charge is 0.264 e. The Balaban J connectivity index is 2.02. The number of hydrogen-bond donors (Lipinski definition) is 1. The summed E-state index contributed by atoms with van der Waals surface area (Å²) in [5.41, 5.74) is 1.89. The molecule has 0 aromatic heterocycles. The molecule has 0 radical (unpaired) electrons. The summed E-state index contributed by atoms with van der Waals surface area (Å²) in [6.07, 6.45) is 3.91. The standard InChI is InChI=1S/C31H38FN3O4S2/c1-5-7-20-33-31(37)29(6-2)34(21-24-10-12-25(32)13-11-24)30(36)22-35(26-14-8-23(3)9-15-26)41(38,39)28-18-16-27(40-4)17-19-28/h8-19,29H,5-7,20-22H2,1-4H3,(H,33,37). The van der Waals surface area contributed by atoms with Crippen LogP contribution in [0.1, 0.15) is 44.2 Å². The molecule has 7 nitrogen and oxygen atoms in total. The van der Waals surface area contributed by atoms with Gasteiger partial charge in [0.1, 0.15) is 18.4 Å². The van der Waals surface area contributed by atoms with Gasteiger partial charge in [0.15, 0.2) is 0 Å². The number of nitrogens with zero attached hydrogens (tertiary/aromatic N) is 2. The van der Waals surface area contributed by atoms with Gasteiger partial charge in [0.2, 0.25) is 11.8 Å². The van der Waals surface area contributed by atoms with Gasteiger partial charge in [0.05, 0.1) is 10.6 Å². The zero-order valence-electron chi connectivity index (χ0n) is 24.0. The average Bonchev–Trinajstić information content (AvgIpc) is 2.97. The van der Waals surface area contributed by atoms with Crippen LogP contribution >= 0.6 is 11.8 Å². The number of benzene rings is 3. The molecule has 1 unspecified atom stereocenters. The minimum atomic E-state index is -4.14. The van der Waals surface area contributed by atoms with E-state index < -0.39 is 34.3 Å². The molecule has 0 saturated carbocycles. The third kappa shape index (κ3) is 8.56. The van der Waals surface area contributed by atoms with Crippen molar-refractivity contribution in [1.29, 1.82) is 0 Å². The Bertz CT molecular complexity index is 1400.